The first kappa shape index (κ1) is 105. The molecule has 102 heavy (non-hydrogen) atoms. The molecule has 6 aromatic heterocycles. The minimum absolute atomic E-state index is 0. The molecule has 37 heteroatoms. The zero-order valence-corrected chi connectivity index (χ0v) is 74.1. The van der Waals surface area contributed by atoms with Crippen molar-refractivity contribution >= 4 is 103 Å². The summed E-state index contributed by atoms with van der Waals surface area (Å²) in [5.74, 6) is 8.74. The van der Waals surface area contributed by atoms with Crippen LogP contribution in [0.25, 0.3) is 0 Å². The Morgan fingerprint density at radius 3 is 1.32 bits per heavy atom. The van der Waals surface area contributed by atoms with Crippen LogP contribution in [-0.2, 0) is 90.4 Å². The second kappa shape index (κ2) is 53.7. The molecule has 3 N–H and O–H groups in total. The molecule has 6 aromatic rings. The summed E-state index contributed by atoms with van der Waals surface area (Å²) in [4.78, 5) is 31.8. The summed E-state index contributed by atoms with van der Waals surface area (Å²) in [6, 6.07) is 3.89. The molecule has 567 valence electrons. The summed E-state index contributed by atoms with van der Waals surface area (Å²) in [6.07, 6.45) is 6.00. The maximum Gasteiger partial charge on any atom is 1.00 e. The summed E-state index contributed by atoms with van der Waals surface area (Å²) in [7, 11) is 2.07. The van der Waals surface area contributed by atoms with E-state index in [1.807, 2.05) is 185 Å². The van der Waals surface area contributed by atoms with Gasteiger partial charge in [-0.1, -0.05) is 79.4 Å². The van der Waals surface area contributed by atoms with Crippen molar-refractivity contribution in [2.45, 2.75) is 285 Å². The molecular formula is C65H112B4Br2FN8Na2O19S. The van der Waals surface area contributed by atoms with E-state index in [4.69, 9.17) is 76.3 Å². The van der Waals surface area contributed by atoms with Gasteiger partial charge in [-0.2, -0.15) is 0 Å². The number of rotatable bonds is 14. The van der Waals surface area contributed by atoms with Gasteiger partial charge < -0.3 is 76.5 Å². The number of thiol groups is 1. The van der Waals surface area contributed by atoms with Gasteiger partial charge in [-0.15, -0.1) is 0 Å². The normalized spacial score (nSPS) is 15.2. The Bertz CT molecular complexity index is 3080. The molecule has 0 atom stereocenters. The summed E-state index contributed by atoms with van der Waals surface area (Å²) in [6.45, 7) is 55.0. The van der Waals surface area contributed by atoms with Gasteiger partial charge in [0.1, 0.15) is 40.4 Å². The molecule has 0 spiro atoms. The third-order valence-corrected chi connectivity index (χ3v) is 17.6. The number of halogens is 3. The fraction of sp³-hybridized carbons (Fsp3) is 0.677. The van der Waals surface area contributed by atoms with Crippen LogP contribution in [-0.4, -0.2) is 130 Å². The monoisotopic (exact) mass is 1610 g/mol. The van der Waals surface area contributed by atoms with Gasteiger partial charge in [0, 0.05) is 54.8 Å². The molecule has 0 aromatic carbocycles. The molecule has 1 radical (unpaired) electrons. The molecule has 0 aliphatic carbocycles. The Labute approximate surface area is 676 Å². The van der Waals surface area contributed by atoms with Crippen LogP contribution in [0.4, 0.5) is 4.39 Å². The molecule has 3 aliphatic heterocycles. The maximum absolute atomic E-state index is 10.4. The molecule has 0 bridgehead atoms. The number of hydrogen-bond acceptors (Lipinski definition) is 28. The van der Waals surface area contributed by atoms with Crippen molar-refractivity contribution in [3.63, 3.8) is 0 Å². The molecule has 9 rings (SSSR count). The van der Waals surface area contributed by atoms with E-state index in [1.54, 1.807) is 6.92 Å². The molecule has 3 saturated heterocycles. The van der Waals surface area contributed by atoms with Crippen LogP contribution in [0.2, 0.25) is 0 Å². The maximum atomic E-state index is 10.4. The van der Waals surface area contributed by atoms with Gasteiger partial charge in [0.25, 0.3) is 6.47 Å². The molecule has 0 amide bonds. The summed E-state index contributed by atoms with van der Waals surface area (Å²) in [5, 5.41) is 38.0. The van der Waals surface area contributed by atoms with Crippen molar-refractivity contribution in [3.05, 3.63) is 89.8 Å². The van der Waals surface area contributed by atoms with Crippen molar-refractivity contribution in [3.8, 4) is 0 Å². The molecule has 3 aliphatic rings. The number of nitrogens with zero attached hydrogens (tertiary/aromatic N) is 7. The zero-order chi connectivity index (χ0) is 79.0. The van der Waals surface area contributed by atoms with E-state index in [0.717, 1.165) is 127 Å². The zero-order valence-electron chi connectivity index (χ0n) is 68.1. The molecule has 27 nitrogen and oxygen atoms in total. The van der Waals surface area contributed by atoms with Gasteiger partial charge in [0.2, 0.25) is 0 Å². The van der Waals surface area contributed by atoms with Crippen LogP contribution in [0.3, 0.4) is 0 Å². The second-order valence-corrected chi connectivity index (χ2v) is 27.0. The fourth-order valence-corrected chi connectivity index (χ4v) is 8.62. The third-order valence-electron chi connectivity index (χ3n) is 15.5. The Morgan fingerprint density at radius 2 is 1.06 bits per heavy atom. The Kier molecular flexibility index (Phi) is 55.5. The number of aryl methyl sites for hydroxylation is 12. The quantitative estimate of drug-likeness (QED) is 0.0247. The number of carbonyl (C=O) groups is 3. The van der Waals surface area contributed by atoms with Gasteiger partial charge in [0.15, 0.2) is 5.76 Å². The number of hydrogen-bond donors (Lipinski definition) is 3. The van der Waals surface area contributed by atoms with Gasteiger partial charge in [-0.3, -0.25) is 18.8 Å². The van der Waals surface area contributed by atoms with Crippen molar-refractivity contribution < 1.29 is 156 Å². The van der Waals surface area contributed by atoms with E-state index in [0.29, 0.717) is 6.42 Å². The van der Waals surface area contributed by atoms with Gasteiger partial charge in [-0.05, 0) is 197 Å². The molecule has 0 saturated carbocycles. The predicted molar refractivity (Wildman–Crippen MR) is 392 cm³/mol. The average molecular weight is 1610 g/mol. The first-order valence-electron chi connectivity index (χ1n) is 33.2. The van der Waals surface area contributed by atoms with Gasteiger partial charge >= 0.3 is 105 Å². The van der Waals surface area contributed by atoms with E-state index < -0.39 is 14.5 Å². The topological polar surface area (TPSA) is 363 Å². The van der Waals surface area contributed by atoms with Crippen LogP contribution >= 0.6 is 44.7 Å². The summed E-state index contributed by atoms with van der Waals surface area (Å²) < 4.78 is 91.0. The number of nitrogens with two attached hydrogens (primary N) is 1. The van der Waals surface area contributed by atoms with Gasteiger partial charge in [0.05, 0.1) is 91.7 Å². The molecule has 3 fully saturated rings. The Balaban J connectivity index is -0.000000261. The summed E-state index contributed by atoms with van der Waals surface area (Å²) in [5.41, 5.74) is 5.67. The predicted octanol–water partition coefficient (Wildman–Crippen LogP) is 7.00. The first-order chi connectivity index (χ1) is 46.9. The van der Waals surface area contributed by atoms with Gasteiger partial charge in [-0.25, -0.2) is 5.90 Å². The van der Waals surface area contributed by atoms with Crippen molar-refractivity contribution in [1.29, 1.82) is 0 Å². The fourth-order valence-electron chi connectivity index (χ4n) is 7.77. The van der Waals surface area contributed by atoms with E-state index >= 15 is 0 Å². The van der Waals surface area contributed by atoms with E-state index in [9.17, 15) is 14.0 Å². The number of ketones is 2. The van der Waals surface area contributed by atoms with Crippen LogP contribution < -0.4 is 81.2 Å². The van der Waals surface area contributed by atoms with E-state index in [1.165, 1.54) is 6.92 Å². The second-order valence-electron chi connectivity index (χ2n) is 25.2. The van der Waals surface area contributed by atoms with Crippen molar-refractivity contribution in [2.75, 3.05) is 7.15 Å². The number of Topliss-reactive ketones (excluding diaryl/α,β-unsaturated/α-hetero) is 2. The molecule has 9 heterocycles. The largest absolute Gasteiger partial charge is 1.00 e. The van der Waals surface area contributed by atoms with Crippen LogP contribution in [0.5, 0.6) is 0 Å². The minimum atomic E-state index is -1.00. The number of aromatic nitrogens is 6. The minimum Gasteiger partial charge on any atom is -1.00 e. The molecule has 0 unspecified atom stereocenters. The van der Waals surface area contributed by atoms with Crippen LogP contribution in [0.15, 0.2) is 52.5 Å². The smallest absolute Gasteiger partial charge is 1.00 e. The van der Waals surface area contributed by atoms with Crippen molar-refractivity contribution in [2.24, 2.45) is 10.2 Å². The number of alkyl halides is 1. The van der Waals surface area contributed by atoms with Crippen LogP contribution in [0, 0.1) is 41.5 Å². The molecular weight excluding hydrogens is 1500 g/mol. The number of carbonyl (C=O) groups excluding carboxylic acids is 3. The average Bonchev–Trinajstić information content (AvgIpc) is 1.62. The Morgan fingerprint density at radius 1 is 0.647 bits per heavy atom. The third kappa shape index (κ3) is 37.2. The standard InChI is InChI=1S/2C12H20BNO3.C9H19BO3.2C6H8BrNO.2C6H9NO.C6H10O2.CH3F.CH2O3.BHNS.H3NO.2Na.H/c1-7-9-10(8(2)15-14-9)13-16-11(3,4)12(5,6)17-13;1-7-9-10(8(2)14-15-9)13-16-11(3,4)12(5,6)17-13;1-7(2)11-10-12-8(3,4)9(5,6)13-10;1-3-5-6(7)4(2)9-8-5;1-3-5-6(7)4(2)8-9-5;1-3-6-4-5(2)8-7-6;1-3-6-4-5(2)7-8-6;1-3-6(8)4-5(2)7;1-2;2-1-4-3;1-2-3;1-2;;;/h2*7H2,1-6H3;7H,1-6H3;2*3H2,1-2H3;2*4H,3H2,1-2H3;3-4H2,1-2H3;1H3;1,3H;3H;2H,1H2;;;/q;;;;;;;;;;;;2*+1;-1/p-1/i;;;;;;;;1D;;;;;;. The first-order valence-corrected chi connectivity index (χ1v) is 34.4. The summed E-state index contributed by atoms with van der Waals surface area (Å²) >= 11 is 9.90. The van der Waals surface area contributed by atoms with E-state index in [-0.39, 0.29) is 139 Å². The van der Waals surface area contributed by atoms with E-state index in [2.05, 4.69) is 105 Å². The Hall–Kier alpha value is -3.03. The SMILES string of the molecule is CC(C)OB1OC(C)(C)C(C)(C)O1.CCC(=O)CC(C)=O.CCc1cc(C)no1.CCc1cc(C)on1.CCc1noc(C)c1B1OC(C)(C)C(C)(C)O1.CCc1noc(C)c1Br.CCc1onc(C)c1B1OC(C)(C)C(C)(C)O1.CCc1onc(C)c1Br.NO.O=CO[O-].[2H]CF.[B]=NS.[H-].[Na+].[Na+]. The van der Waals surface area contributed by atoms with Crippen LogP contribution in [0.1, 0.15) is 237 Å². The van der Waals surface area contributed by atoms with Crippen molar-refractivity contribution in [1.82, 2.24) is 30.9 Å².